The molecule has 0 amide bonds. The quantitative estimate of drug-likeness (QED) is 0.759. The van der Waals surface area contributed by atoms with Crippen molar-refractivity contribution in [1.82, 2.24) is 24.5 Å². The SMILES string of the molecule is CCn1cnnc1CNS(=O)(=O)c1cccnc1OCC(F)F. The number of pyridine rings is 1. The minimum atomic E-state index is -4.00. The average Bonchev–Trinajstić information content (AvgIpc) is 2.99. The number of alkyl halides is 2. The third-order valence-corrected chi connectivity index (χ3v) is 4.24. The van der Waals surface area contributed by atoms with Crippen LogP contribution >= 0.6 is 0 Å². The monoisotopic (exact) mass is 347 g/mol. The summed E-state index contributed by atoms with van der Waals surface area (Å²) < 4.78 is 57.8. The fraction of sp³-hybridized carbons (Fsp3) is 0.417. The molecule has 0 aliphatic carbocycles. The van der Waals surface area contributed by atoms with Gasteiger partial charge in [-0.05, 0) is 19.1 Å². The summed E-state index contributed by atoms with van der Waals surface area (Å²) in [5.41, 5.74) is 0. The van der Waals surface area contributed by atoms with Crippen LogP contribution in [0.3, 0.4) is 0 Å². The number of sulfonamides is 1. The number of halogens is 2. The lowest BCUT2D eigenvalue weighted by molar-refractivity contribution is 0.0779. The van der Waals surface area contributed by atoms with E-state index < -0.39 is 23.1 Å². The minimum absolute atomic E-state index is 0.0979. The third kappa shape index (κ3) is 4.42. The number of hydrogen-bond acceptors (Lipinski definition) is 6. The first kappa shape index (κ1) is 17.2. The number of aryl methyl sites for hydroxylation is 1. The lowest BCUT2D eigenvalue weighted by Crippen LogP contribution is -2.26. The van der Waals surface area contributed by atoms with Crippen LogP contribution in [0.2, 0.25) is 0 Å². The Kier molecular flexibility index (Phi) is 5.55. The molecule has 0 fully saturated rings. The van der Waals surface area contributed by atoms with Gasteiger partial charge in [0, 0.05) is 12.7 Å². The zero-order valence-corrected chi connectivity index (χ0v) is 13.0. The van der Waals surface area contributed by atoms with E-state index in [4.69, 9.17) is 4.74 Å². The Balaban J connectivity index is 2.16. The van der Waals surface area contributed by atoms with Crippen molar-refractivity contribution in [2.45, 2.75) is 31.3 Å². The summed E-state index contributed by atoms with van der Waals surface area (Å²) in [7, 11) is -4.00. The van der Waals surface area contributed by atoms with Gasteiger partial charge in [-0.1, -0.05) is 0 Å². The molecule has 0 radical (unpaired) electrons. The van der Waals surface area contributed by atoms with Crippen molar-refractivity contribution in [1.29, 1.82) is 0 Å². The molecule has 0 saturated heterocycles. The van der Waals surface area contributed by atoms with Gasteiger partial charge in [-0.15, -0.1) is 10.2 Å². The zero-order valence-electron chi connectivity index (χ0n) is 12.2. The van der Waals surface area contributed by atoms with Gasteiger partial charge in [0.05, 0.1) is 6.54 Å². The molecule has 2 heterocycles. The van der Waals surface area contributed by atoms with E-state index in [1.807, 2.05) is 6.92 Å². The number of ether oxygens (including phenoxy) is 1. The number of aromatic nitrogens is 4. The molecule has 11 heteroatoms. The predicted molar refractivity (Wildman–Crippen MR) is 75.5 cm³/mol. The number of rotatable bonds is 8. The molecule has 1 N–H and O–H groups in total. The Labute approximate surface area is 131 Å². The molecule has 126 valence electrons. The number of nitrogens with zero attached hydrogens (tertiary/aromatic N) is 4. The van der Waals surface area contributed by atoms with Gasteiger partial charge in [-0.3, -0.25) is 0 Å². The van der Waals surface area contributed by atoms with Crippen LogP contribution in [0.15, 0.2) is 29.6 Å². The average molecular weight is 347 g/mol. The van der Waals surface area contributed by atoms with Crippen molar-refractivity contribution >= 4 is 10.0 Å². The molecule has 0 saturated carbocycles. The third-order valence-electron chi connectivity index (χ3n) is 2.83. The van der Waals surface area contributed by atoms with Gasteiger partial charge in [0.15, 0.2) is 6.61 Å². The van der Waals surface area contributed by atoms with Crippen molar-refractivity contribution in [2.75, 3.05) is 6.61 Å². The standard InChI is InChI=1S/C12H15F2N5O3S/c1-2-19-8-16-18-11(19)6-17-23(20,21)9-4-3-5-15-12(9)22-7-10(13)14/h3-5,8,10,17H,2,6-7H2,1H3. The lowest BCUT2D eigenvalue weighted by atomic mass is 10.5. The summed E-state index contributed by atoms with van der Waals surface area (Å²) in [6.45, 7) is 1.40. The second kappa shape index (κ2) is 7.42. The van der Waals surface area contributed by atoms with Crippen LogP contribution in [0, 0.1) is 0 Å². The molecule has 2 rings (SSSR count). The highest BCUT2D eigenvalue weighted by Crippen LogP contribution is 2.20. The van der Waals surface area contributed by atoms with Gasteiger partial charge in [-0.25, -0.2) is 26.9 Å². The highest BCUT2D eigenvalue weighted by atomic mass is 32.2. The first-order chi connectivity index (χ1) is 10.9. The van der Waals surface area contributed by atoms with Crippen molar-refractivity contribution < 1.29 is 21.9 Å². The van der Waals surface area contributed by atoms with E-state index in [1.54, 1.807) is 4.57 Å². The highest BCUT2D eigenvalue weighted by Gasteiger charge is 2.22. The number of hydrogen-bond donors (Lipinski definition) is 1. The molecule has 23 heavy (non-hydrogen) atoms. The maximum Gasteiger partial charge on any atom is 0.272 e. The van der Waals surface area contributed by atoms with Crippen LogP contribution in [0.4, 0.5) is 8.78 Å². The Bertz CT molecular complexity index is 751. The van der Waals surface area contributed by atoms with Gasteiger partial charge < -0.3 is 9.30 Å². The molecule has 0 aromatic carbocycles. The molecule has 0 atom stereocenters. The minimum Gasteiger partial charge on any atom is -0.471 e. The van der Waals surface area contributed by atoms with Gasteiger partial charge >= 0.3 is 0 Å². The Morgan fingerprint density at radius 3 is 2.91 bits per heavy atom. The van der Waals surface area contributed by atoms with Crippen LogP contribution in [-0.2, 0) is 23.1 Å². The first-order valence-electron chi connectivity index (χ1n) is 6.66. The highest BCUT2D eigenvalue weighted by molar-refractivity contribution is 7.89. The van der Waals surface area contributed by atoms with E-state index in [2.05, 4.69) is 19.9 Å². The van der Waals surface area contributed by atoms with Crippen LogP contribution in [-0.4, -0.2) is 41.2 Å². The zero-order chi connectivity index (χ0) is 16.9. The fourth-order valence-corrected chi connectivity index (χ4v) is 2.82. The van der Waals surface area contributed by atoms with Crippen LogP contribution in [0.5, 0.6) is 5.88 Å². The second-order valence-electron chi connectivity index (χ2n) is 4.37. The van der Waals surface area contributed by atoms with Crippen LogP contribution in [0.25, 0.3) is 0 Å². The summed E-state index contributed by atoms with van der Waals surface area (Å²) >= 11 is 0. The predicted octanol–water partition coefficient (Wildman–Crippen LogP) is 0.815. The molecule has 8 nitrogen and oxygen atoms in total. The molecular weight excluding hydrogens is 332 g/mol. The molecule has 2 aromatic rings. The number of nitrogens with one attached hydrogen (secondary N) is 1. The normalized spacial score (nSPS) is 11.8. The van der Waals surface area contributed by atoms with Gasteiger partial charge in [0.25, 0.3) is 6.43 Å². The van der Waals surface area contributed by atoms with Gasteiger partial charge in [0.2, 0.25) is 15.9 Å². The maximum absolute atomic E-state index is 12.3. The molecule has 0 unspecified atom stereocenters. The van der Waals surface area contributed by atoms with E-state index in [9.17, 15) is 17.2 Å². The summed E-state index contributed by atoms with van der Waals surface area (Å²) in [6, 6.07) is 2.60. The largest absolute Gasteiger partial charge is 0.471 e. The van der Waals surface area contributed by atoms with E-state index in [1.165, 1.54) is 24.7 Å². The van der Waals surface area contributed by atoms with Crippen LogP contribution in [0.1, 0.15) is 12.7 Å². The Hall–Kier alpha value is -2.14. The van der Waals surface area contributed by atoms with E-state index in [-0.39, 0.29) is 17.3 Å². The maximum atomic E-state index is 12.3. The first-order valence-corrected chi connectivity index (χ1v) is 8.14. The topological polar surface area (TPSA) is 99.0 Å². The molecule has 0 aliphatic heterocycles. The van der Waals surface area contributed by atoms with Crippen molar-refractivity contribution in [2.24, 2.45) is 0 Å². The summed E-state index contributed by atoms with van der Waals surface area (Å²) in [6.07, 6.45) is 0.00179. The second-order valence-corrected chi connectivity index (χ2v) is 6.10. The smallest absolute Gasteiger partial charge is 0.272 e. The van der Waals surface area contributed by atoms with Crippen molar-refractivity contribution in [3.63, 3.8) is 0 Å². The Morgan fingerprint density at radius 2 is 2.22 bits per heavy atom. The van der Waals surface area contributed by atoms with E-state index in [0.29, 0.717) is 12.4 Å². The fourth-order valence-electron chi connectivity index (χ4n) is 1.75. The van der Waals surface area contributed by atoms with Gasteiger partial charge in [-0.2, -0.15) is 0 Å². The molecule has 2 aromatic heterocycles. The van der Waals surface area contributed by atoms with Gasteiger partial charge in [0.1, 0.15) is 17.0 Å². The van der Waals surface area contributed by atoms with E-state index >= 15 is 0 Å². The Morgan fingerprint density at radius 1 is 1.43 bits per heavy atom. The van der Waals surface area contributed by atoms with Crippen molar-refractivity contribution in [3.05, 3.63) is 30.5 Å². The molecule has 0 bridgehead atoms. The summed E-state index contributed by atoms with van der Waals surface area (Å²) in [5, 5.41) is 7.50. The molecule has 0 aliphatic rings. The summed E-state index contributed by atoms with van der Waals surface area (Å²) in [4.78, 5) is 3.37. The van der Waals surface area contributed by atoms with Crippen LogP contribution < -0.4 is 9.46 Å². The molecular formula is C12H15F2N5O3S. The van der Waals surface area contributed by atoms with E-state index in [0.717, 1.165) is 0 Å². The lowest BCUT2D eigenvalue weighted by Gasteiger charge is -2.11. The summed E-state index contributed by atoms with van der Waals surface area (Å²) in [5.74, 6) is 0.0484. The van der Waals surface area contributed by atoms with Crippen molar-refractivity contribution in [3.8, 4) is 5.88 Å². The molecule has 0 spiro atoms.